The molecule has 3 nitrogen and oxygen atoms in total. The molecule has 106 valence electrons. The fraction of sp³-hybridized carbons (Fsp3) is 0.375. The highest BCUT2D eigenvalue weighted by molar-refractivity contribution is 5.86. The maximum atomic E-state index is 11.3. The van der Waals surface area contributed by atoms with Gasteiger partial charge in [0.2, 0.25) is 5.91 Å². The van der Waals surface area contributed by atoms with E-state index >= 15 is 0 Å². The van der Waals surface area contributed by atoms with Crippen LogP contribution in [0.3, 0.4) is 0 Å². The normalized spacial score (nSPS) is 9.89. The summed E-state index contributed by atoms with van der Waals surface area (Å²) < 4.78 is 0. The number of nitrogens with one attached hydrogen (secondary N) is 1. The first-order valence-electron chi connectivity index (χ1n) is 6.41. The number of carbonyl (C=O) groups excluding carboxylic acids is 2. The van der Waals surface area contributed by atoms with Crippen molar-refractivity contribution in [3.05, 3.63) is 49.1 Å². The van der Waals surface area contributed by atoms with Gasteiger partial charge < -0.3 is 5.32 Å². The van der Waals surface area contributed by atoms with Crippen molar-refractivity contribution in [2.45, 2.75) is 40.2 Å². The number of carbonyl (C=O) groups is 2. The van der Waals surface area contributed by atoms with E-state index in [1.165, 1.54) is 13.8 Å². The lowest BCUT2D eigenvalue weighted by Crippen LogP contribution is -2.40. The number of amides is 1. The zero-order valence-electron chi connectivity index (χ0n) is 12.4. The van der Waals surface area contributed by atoms with Crippen LogP contribution in [0.15, 0.2) is 43.5 Å². The van der Waals surface area contributed by atoms with Gasteiger partial charge in [-0.15, -0.1) is 13.2 Å². The van der Waals surface area contributed by atoms with E-state index in [-0.39, 0.29) is 11.7 Å². The number of rotatable bonds is 4. The molecule has 0 spiro atoms. The fourth-order valence-electron chi connectivity index (χ4n) is 1.39. The van der Waals surface area contributed by atoms with Crippen LogP contribution in [-0.2, 0) is 16.0 Å². The van der Waals surface area contributed by atoms with Crippen molar-refractivity contribution in [2.24, 2.45) is 0 Å². The molecule has 0 saturated carbocycles. The molecule has 1 rings (SSSR count). The van der Waals surface area contributed by atoms with Crippen LogP contribution in [0.2, 0.25) is 0 Å². The molecule has 0 heterocycles. The summed E-state index contributed by atoms with van der Waals surface area (Å²) in [5.74, 6) is -0.194. The van der Waals surface area contributed by atoms with Crippen molar-refractivity contribution in [3.63, 3.8) is 0 Å². The summed E-state index contributed by atoms with van der Waals surface area (Å²) in [6, 6.07) is 9.23. The molecule has 1 N–H and O–H groups in total. The average Bonchev–Trinajstić information content (AvgIpc) is 2.43. The fourth-order valence-corrected chi connectivity index (χ4v) is 1.39. The van der Waals surface area contributed by atoms with Crippen LogP contribution in [0.1, 0.15) is 33.3 Å². The molecule has 1 aromatic carbocycles. The molecule has 1 amide bonds. The lowest BCUT2D eigenvalue weighted by Gasteiger charge is -2.14. The van der Waals surface area contributed by atoms with Crippen LogP contribution in [-0.4, -0.2) is 17.7 Å². The Morgan fingerprint density at radius 1 is 1.11 bits per heavy atom. The first-order valence-corrected chi connectivity index (χ1v) is 6.41. The van der Waals surface area contributed by atoms with Crippen LogP contribution in [0.5, 0.6) is 0 Å². The molecule has 0 aliphatic carbocycles. The maximum absolute atomic E-state index is 11.3. The van der Waals surface area contributed by atoms with E-state index in [0.29, 0.717) is 6.42 Å². The van der Waals surface area contributed by atoms with E-state index < -0.39 is 6.04 Å². The SMILES string of the molecule is C=C.CC.CC(=O)N[C@@H](Cc1ccccc1)C(C)=O. The van der Waals surface area contributed by atoms with E-state index in [4.69, 9.17) is 0 Å². The van der Waals surface area contributed by atoms with Crippen LogP contribution >= 0.6 is 0 Å². The second-order valence-electron chi connectivity index (χ2n) is 3.55. The van der Waals surface area contributed by atoms with Crippen LogP contribution in [0.25, 0.3) is 0 Å². The Labute approximate surface area is 116 Å². The molecular formula is C16H25NO2. The van der Waals surface area contributed by atoms with Gasteiger partial charge in [0.15, 0.2) is 5.78 Å². The first-order chi connectivity index (χ1) is 9.09. The maximum Gasteiger partial charge on any atom is 0.217 e. The molecule has 0 aliphatic heterocycles. The minimum absolute atomic E-state index is 0.0194. The largest absolute Gasteiger partial charge is 0.346 e. The zero-order chi connectivity index (χ0) is 15.3. The molecule has 1 aromatic rings. The van der Waals surface area contributed by atoms with Gasteiger partial charge in [-0.05, 0) is 18.9 Å². The van der Waals surface area contributed by atoms with Crippen molar-refractivity contribution in [3.8, 4) is 0 Å². The summed E-state index contributed by atoms with van der Waals surface area (Å²) in [5, 5.41) is 2.64. The van der Waals surface area contributed by atoms with Gasteiger partial charge in [0, 0.05) is 6.92 Å². The van der Waals surface area contributed by atoms with E-state index in [9.17, 15) is 9.59 Å². The van der Waals surface area contributed by atoms with Gasteiger partial charge >= 0.3 is 0 Å². The van der Waals surface area contributed by atoms with Crippen molar-refractivity contribution in [2.75, 3.05) is 0 Å². The molecule has 0 fully saturated rings. The standard InChI is InChI=1S/C12H15NO2.C2H6.C2H4/c1-9(14)12(13-10(2)15)8-11-6-4-3-5-7-11;2*1-2/h3-7,12H,8H2,1-2H3,(H,13,15);1-2H3;1-2H2/t12-;;/m0../s1. The molecule has 3 heteroatoms. The molecule has 0 saturated heterocycles. The van der Waals surface area contributed by atoms with Gasteiger partial charge in [0.05, 0.1) is 6.04 Å². The van der Waals surface area contributed by atoms with Crippen LogP contribution in [0.4, 0.5) is 0 Å². The van der Waals surface area contributed by atoms with Crippen molar-refractivity contribution >= 4 is 11.7 Å². The minimum atomic E-state index is -0.412. The number of benzene rings is 1. The molecule has 1 atom stereocenters. The minimum Gasteiger partial charge on any atom is -0.346 e. The smallest absolute Gasteiger partial charge is 0.217 e. The molecule has 0 bridgehead atoms. The number of Topliss-reactive ketones (excluding diaryl/α,β-unsaturated/α-hetero) is 1. The summed E-state index contributed by atoms with van der Waals surface area (Å²) in [7, 11) is 0. The van der Waals surface area contributed by atoms with Gasteiger partial charge in [-0.3, -0.25) is 9.59 Å². The molecular weight excluding hydrogens is 238 g/mol. The summed E-state index contributed by atoms with van der Waals surface area (Å²) in [5.41, 5.74) is 1.05. The second-order valence-corrected chi connectivity index (χ2v) is 3.55. The molecule has 0 unspecified atom stereocenters. The van der Waals surface area contributed by atoms with Crippen molar-refractivity contribution in [1.29, 1.82) is 0 Å². The van der Waals surface area contributed by atoms with E-state index in [0.717, 1.165) is 5.56 Å². The molecule has 19 heavy (non-hydrogen) atoms. The third-order valence-electron chi connectivity index (χ3n) is 2.15. The van der Waals surface area contributed by atoms with Crippen molar-refractivity contribution in [1.82, 2.24) is 5.32 Å². The zero-order valence-corrected chi connectivity index (χ0v) is 12.4. The monoisotopic (exact) mass is 263 g/mol. The van der Waals surface area contributed by atoms with E-state index in [1.54, 1.807) is 0 Å². The molecule has 0 aliphatic rings. The van der Waals surface area contributed by atoms with Gasteiger partial charge in [-0.1, -0.05) is 44.2 Å². The second kappa shape index (κ2) is 12.6. The highest BCUT2D eigenvalue weighted by Gasteiger charge is 2.15. The first kappa shape index (κ1) is 19.4. The number of hydrogen-bond donors (Lipinski definition) is 1. The Hall–Kier alpha value is -1.90. The van der Waals surface area contributed by atoms with E-state index in [1.807, 2.05) is 44.2 Å². The highest BCUT2D eigenvalue weighted by Crippen LogP contribution is 2.03. The Kier molecular flexibility index (Phi) is 12.8. The van der Waals surface area contributed by atoms with Crippen molar-refractivity contribution < 1.29 is 9.59 Å². The Balaban J connectivity index is 0. The summed E-state index contributed by atoms with van der Waals surface area (Å²) >= 11 is 0. The number of ketones is 1. The Morgan fingerprint density at radius 3 is 1.95 bits per heavy atom. The predicted octanol–water partition coefficient (Wildman–Crippen LogP) is 3.15. The molecule has 0 aromatic heterocycles. The molecule has 0 radical (unpaired) electrons. The number of hydrogen-bond acceptors (Lipinski definition) is 2. The van der Waals surface area contributed by atoms with E-state index in [2.05, 4.69) is 18.5 Å². The Bertz CT molecular complexity index is 360. The third-order valence-corrected chi connectivity index (χ3v) is 2.15. The highest BCUT2D eigenvalue weighted by atomic mass is 16.2. The third kappa shape index (κ3) is 9.77. The van der Waals surface area contributed by atoms with Crippen LogP contribution in [0, 0.1) is 0 Å². The van der Waals surface area contributed by atoms with Gasteiger partial charge in [0.25, 0.3) is 0 Å². The van der Waals surface area contributed by atoms with Gasteiger partial charge in [-0.2, -0.15) is 0 Å². The lowest BCUT2D eigenvalue weighted by molar-refractivity contribution is -0.125. The Morgan fingerprint density at radius 2 is 1.58 bits per heavy atom. The van der Waals surface area contributed by atoms with Crippen LogP contribution < -0.4 is 5.32 Å². The predicted molar refractivity (Wildman–Crippen MR) is 81.0 cm³/mol. The summed E-state index contributed by atoms with van der Waals surface area (Å²) in [6.07, 6.45) is 0.551. The topological polar surface area (TPSA) is 46.2 Å². The summed E-state index contributed by atoms with van der Waals surface area (Å²) in [4.78, 5) is 22.2. The lowest BCUT2D eigenvalue weighted by atomic mass is 10.0. The van der Waals surface area contributed by atoms with Gasteiger partial charge in [-0.25, -0.2) is 0 Å². The quantitative estimate of drug-likeness (QED) is 0.848. The van der Waals surface area contributed by atoms with Gasteiger partial charge in [0.1, 0.15) is 0 Å². The average molecular weight is 263 g/mol. The summed E-state index contributed by atoms with van der Waals surface area (Å²) in [6.45, 7) is 12.9.